The van der Waals surface area contributed by atoms with Crippen LogP contribution in [0, 0.1) is 0 Å². The highest BCUT2D eigenvalue weighted by Gasteiger charge is 2.17. The summed E-state index contributed by atoms with van der Waals surface area (Å²) in [6, 6.07) is 6.83. The zero-order valence-electron chi connectivity index (χ0n) is 16.0. The first-order chi connectivity index (χ1) is 12.1. The number of carbonyl (C=O) groups excluding carboxylic acids is 1. The van der Waals surface area contributed by atoms with Crippen molar-refractivity contribution in [2.45, 2.75) is 96.3 Å². The molecule has 0 aliphatic heterocycles. The summed E-state index contributed by atoms with van der Waals surface area (Å²) in [5.41, 5.74) is 6.46. The van der Waals surface area contributed by atoms with Crippen molar-refractivity contribution in [3.8, 4) is 5.75 Å². The highest BCUT2D eigenvalue weighted by molar-refractivity contribution is 5.81. The lowest BCUT2D eigenvalue weighted by Gasteiger charge is -2.13. The van der Waals surface area contributed by atoms with Crippen molar-refractivity contribution in [1.29, 1.82) is 0 Å². The van der Waals surface area contributed by atoms with E-state index in [2.05, 4.69) is 6.92 Å². The number of phenols is 1. The van der Waals surface area contributed by atoms with Crippen molar-refractivity contribution in [3.63, 3.8) is 0 Å². The molecule has 0 aliphatic carbocycles. The molecular formula is C22H37NO2. The molecule has 3 nitrogen and oxygen atoms in total. The quantitative estimate of drug-likeness (QED) is 0.379. The number of benzene rings is 1. The minimum absolute atomic E-state index is 0.220. The van der Waals surface area contributed by atoms with E-state index in [1.165, 1.54) is 70.6 Å². The van der Waals surface area contributed by atoms with E-state index in [0.717, 1.165) is 18.4 Å². The maximum atomic E-state index is 11.7. The van der Waals surface area contributed by atoms with E-state index in [1.807, 2.05) is 0 Å². The summed E-state index contributed by atoms with van der Waals surface area (Å²) in [4.78, 5) is 11.7. The number of amides is 1. The fourth-order valence-corrected chi connectivity index (χ4v) is 3.37. The Morgan fingerprint density at radius 1 is 0.840 bits per heavy atom. The first-order valence-corrected chi connectivity index (χ1v) is 10.2. The molecule has 0 heterocycles. The van der Waals surface area contributed by atoms with Gasteiger partial charge in [0.05, 0.1) is 5.92 Å². The number of hydrogen-bond acceptors (Lipinski definition) is 2. The zero-order chi connectivity index (χ0) is 18.3. The molecule has 142 valence electrons. The normalized spacial score (nSPS) is 12.2. The Kier molecular flexibility index (Phi) is 11.8. The number of carbonyl (C=O) groups is 1. The van der Waals surface area contributed by atoms with Crippen LogP contribution in [0.4, 0.5) is 0 Å². The molecule has 1 aromatic rings. The van der Waals surface area contributed by atoms with E-state index in [4.69, 9.17) is 5.73 Å². The summed E-state index contributed by atoms with van der Waals surface area (Å²) >= 11 is 0. The first kappa shape index (κ1) is 21.5. The number of phenolic OH excluding ortho intramolecular Hbond substituents is 1. The maximum Gasteiger partial charge on any atom is 0.224 e. The highest BCUT2D eigenvalue weighted by atomic mass is 16.3. The smallest absolute Gasteiger partial charge is 0.224 e. The van der Waals surface area contributed by atoms with Crippen LogP contribution in [0.3, 0.4) is 0 Å². The first-order valence-electron chi connectivity index (χ1n) is 10.2. The number of unbranched alkanes of at least 4 members (excludes halogenated alkanes) is 11. The van der Waals surface area contributed by atoms with Crippen LogP contribution in [-0.2, 0) is 4.79 Å². The van der Waals surface area contributed by atoms with Crippen molar-refractivity contribution in [3.05, 3.63) is 29.8 Å². The summed E-state index contributed by atoms with van der Waals surface area (Å²) in [5.74, 6) is -0.283. The fraction of sp³-hybridized carbons (Fsp3) is 0.682. The van der Waals surface area contributed by atoms with Crippen molar-refractivity contribution in [2.75, 3.05) is 0 Å². The molecule has 0 radical (unpaired) electrons. The number of hydrogen-bond donors (Lipinski definition) is 2. The highest BCUT2D eigenvalue weighted by Crippen LogP contribution is 2.24. The minimum atomic E-state index is -0.270. The zero-order valence-corrected chi connectivity index (χ0v) is 16.0. The molecule has 0 saturated heterocycles. The van der Waals surface area contributed by atoms with Gasteiger partial charge >= 0.3 is 0 Å². The summed E-state index contributed by atoms with van der Waals surface area (Å²) in [5, 5.41) is 9.35. The lowest BCUT2D eigenvalue weighted by molar-refractivity contribution is -0.119. The minimum Gasteiger partial charge on any atom is -0.508 e. The molecule has 1 atom stereocenters. The van der Waals surface area contributed by atoms with Crippen molar-refractivity contribution < 1.29 is 9.90 Å². The van der Waals surface area contributed by atoms with E-state index in [-0.39, 0.29) is 17.6 Å². The van der Waals surface area contributed by atoms with E-state index in [9.17, 15) is 9.90 Å². The molecule has 1 unspecified atom stereocenters. The maximum absolute atomic E-state index is 11.7. The predicted octanol–water partition coefficient (Wildman–Crippen LogP) is 6.05. The topological polar surface area (TPSA) is 63.3 Å². The average Bonchev–Trinajstić information content (AvgIpc) is 2.60. The number of primary amides is 1. The van der Waals surface area contributed by atoms with Gasteiger partial charge in [-0.25, -0.2) is 0 Å². The third-order valence-corrected chi connectivity index (χ3v) is 4.99. The number of rotatable bonds is 15. The molecule has 3 heteroatoms. The van der Waals surface area contributed by atoms with Gasteiger partial charge in [-0.3, -0.25) is 4.79 Å². The summed E-state index contributed by atoms with van der Waals surface area (Å²) < 4.78 is 0. The van der Waals surface area contributed by atoms with Gasteiger partial charge in [0.15, 0.2) is 0 Å². The fourth-order valence-electron chi connectivity index (χ4n) is 3.37. The van der Waals surface area contributed by atoms with Crippen LogP contribution >= 0.6 is 0 Å². The Bertz CT molecular complexity index is 456. The molecule has 1 aromatic carbocycles. The third-order valence-electron chi connectivity index (χ3n) is 4.99. The van der Waals surface area contributed by atoms with E-state index >= 15 is 0 Å². The van der Waals surface area contributed by atoms with Gasteiger partial charge in [-0.2, -0.15) is 0 Å². The summed E-state index contributed by atoms with van der Waals surface area (Å²) in [7, 11) is 0. The molecule has 0 aromatic heterocycles. The Balaban J connectivity index is 2.05. The van der Waals surface area contributed by atoms with Gasteiger partial charge in [0.1, 0.15) is 5.75 Å². The molecule has 25 heavy (non-hydrogen) atoms. The van der Waals surface area contributed by atoms with Crippen LogP contribution in [-0.4, -0.2) is 11.0 Å². The largest absolute Gasteiger partial charge is 0.508 e. The molecule has 0 fully saturated rings. The lowest BCUT2D eigenvalue weighted by atomic mass is 9.92. The van der Waals surface area contributed by atoms with Gasteiger partial charge in [0, 0.05) is 0 Å². The van der Waals surface area contributed by atoms with E-state index < -0.39 is 0 Å². The van der Waals surface area contributed by atoms with Crippen molar-refractivity contribution >= 4 is 5.91 Å². The van der Waals surface area contributed by atoms with Gasteiger partial charge in [-0.05, 0) is 24.1 Å². The van der Waals surface area contributed by atoms with Crippen LogP contribution in [0.1, 0.15) is 102 Å². The second-order valence-corrected chi connectivity index (χ2v) is 7.22. The Labute approximate surface area is 154 Å². The van der Waals surface area contributed by atoms with Crippen LogP contribution in [0.2, 0.25) is 0 Å². The molecular weight excluding hydrogens is 310 g/mol. The summed E-state index contributed by atoms with van der Waals surface area (Å²) in [6.45, 7) is 2.26. The average molecular weight is 348 g/mol. The molecule has 0 bridgehead atoms. The standard InChI is InChI=1S/C22H37NO2/c1-2-3-4-5-6-7-8-9-10-11-12-13-14-21(22(23)25)19-15-17-20(24)18-16-19/h15-18,21,24H,2-14H2,1H3,(H2,23,25). The molecule has 1 amide bonds. The van der Waals surface area contributed by atoms with Gasteiger partial charge in [-0.1, -0.05) is 96.1 Å². The molecule has 0 saturated carbocycles. The van der Waals surface area contributed by atoms with Crippen LogP contribution in [0.25, 0.3) is 0 Å². The van der Waals surface area contributed by atoms with Gasteiger partial charge in [0.2, 0.25) is 5.91 Å². The van der Waals surface area contributed by atoms with Crippen molar-refractivity contribution in [2.24, 2.45) is 5.73 Å². The molecule has 0 spiro atoms. The van der Waals surface area contributed by atoms with E-state index in [0.29, 0.717) is 0 Å². The van der Waals surface area contributed by atoms with Crippen LogP contribution in [0.15, 0.2) is 24.3 Å². The number of nitrogens with two attached hydrogens (primary N) is 1. The second kappa shape index (κ2) is 13.7. The third kappa shape index (κ3) is 10.2. The Morgan fingerprint density at radius 2 is 1.28 bits per heavy atom. The Hall–Kier alpha value is -1.51. The van der Waals surface area contributed by atoms with Gasteiger partial charge < -0.3 is 10.8 Å². The lowest BCUT2D eigenvalue weighted by Crippen LogP contribution is -2.21. The molecule has 0 aliphatic rings. The Morgan fingerprint density at radius 3 is 1.72 bits per heavy atom. The second-order valence-electron chi connectivity index (χ2n) is 7.22. The van der Waals surface area contributed by atoms with Crippen LogP contribution < -0.4 is 5.73 Å². The summed E-state index contributed by atoms with van der Waals surface area (Å²) in [6.07, 6.45) is 16.5. The van der Waals surface area contributed by atoms with Crippen molar-refractivity contribution in [1.82, 2.24) is 0 Å². The monoisotopic (exact) mass is 347 g/mol. The van der Waals surface area contributed by atoms with Gasteiger partial charge in [-0.15, -0.1) is 0 Å². The number of aromatic hydroxyl groups is 1. The molecule has 1 rings (SSSR count). The van der Waals surface area contributed by atoms with Gasteiger partial charge in [0.25, 0.3) is 0 Å². The van der Waals surface area contributed by atoms with Crippen LogP contribution in [0.5, 0.6) is 5.75 Å². The van der Waals surface area contributed by atoms with E-state index in [1.54, 1.807) is 24.3 Å². The molecule has 3 N–H and O–H groups in total. The predicted molar refractivity (Wildman–Crippen MR) is 106 cm³/mol. The SMILES string of the molecule is CCCCCCCCCCCCCCC(C(N)=O)c1ccc(O)cc1.